The molecule has 0 spiro atoms. The normalized spacial score (nSPS) is 10.8. The van der Waals surface area contributed by atoms with Gasteiger partial charge in [-0.3, -0.25) is 0 Å². The van der Waals surface area contributed by atoms with Crippen LogP contribution in [0.25, 0.3) is 0 Å². The lowest BCUT2D eigenvalue weighted by Gasteiger charge is -2.07. The number of hydrogen-bond donors (Lipinski definition) is 0. The van der Waals surface area contributed by atoms with Crippen LogP contribution in [0.15, 0.2) is 42.7 Å². The van der Waals surface area contributed by atoms with E-state index in [1.807, 2.05) is 30.3 Å². The molecule has 0 radical (unpaired) electrons. The van der Waals surface area contributed by atoms with Gasteiger partial charge in [-0.25, -0.2) is 4.79 Å². The number of hydrogen-bond acceptors (Lipinski definition) is 5. The molecule has 0 aliphatic heterocycles. The van der Waals surface area contributed by atoms with E-state index in [-0.39, 0.29) is 6.03 Å². The maximum Gasteiger partial charge on any atom is 0.372 e. The van der Waals surface area contributed by atoms with E-state index in [0.29, 0.717) is 6.42 Å². The zero-order valence-electron chi connectivity index (χ0n) is 13.0. The Morgan fingerprint density at radius 1 is 1.17 bits per heavy atom. The Morgan fingerprint density at radius 3 is 2.70 bits per heavy atom. The fraction of sp³-hybridized carbons (Fsp3) is 0.312. The molecule has 7 nitrogen and oxygen atoms in total. The minimum Gasteiger partial charge on any atom is -0.243 e. The number of benzene rings is 1. The lowest BCUT2D eigenvalue weighted by Crippen LogP contribution is -2.23. The van der Waals surface area contributed by atoms with E-state index < -0.39 is 0 Å². The van der Waals surface area contributed by atoms with Crippen LogP contribution in [0.2, 0.25) is 0 Å². The van der Waals surface area contributed by atoms with Gasteiger partial charge in [0.25, 0.3) is 0 Å². The average molecular weight is 310 g/mol. The van der Waals surface area contributed by atoms with Gasteiger partial charge < -0.3 is 0 Å². The molecule has 118 valence electrons. The molecule has 0 aliphatic carbocycles. The van der Waals surface area contributed by atoms with Crippen LogP contribution in [-0.2, 0) is 12.8 Å². The second-order valence-corrected chi connectivity index (χ2v) is 5.29. The summed E-state index contributed by atoms with van der Waals surface area (Å²) in [6, 6.07) is 9.62. The van der Waals surface area contributed by atoms with Crippen LogP contribution in [0.5, 0.6) is 0 Å². The van der Waals surface area contributed by atoms with Crippen molar-refractivity contribution >= 4 is 6.03 Å². The summed E-state index contributed by atoms with van der Waals surface area (Å²) >= 11 is 0. The Kier molecular flexibility index (Phi) is 4.56. The molecule has 3 aromatic rings. The summed E-state index contributed by atoms with van der Waals surface area (Å²) in [5.41, 5.74) is 2.79. The Bertz CT molecular complexity index is 763. The van der Waals surface area contributed by atoms with E-state index in [1.165, 1.54) is 17.1 Å². The highest BCUT2D eigenvalue weighted by molar-refractivity contribution is 5.78. The number of carbonyl (C=O) groups is 1. The molecular weight excluding hydrogens is 292 g/mol. The van der Waals surface area contributed by atoms with Crippen molar-refractivity contribution in [3.63, 3.8) is 0 Å². The summed E-state index contributed by atoms with van der Waals surface area (Å²) in [6.07, 6.45) is 6.45. The third kappa shape index (κ3) is 3.33. The van der Waals surface area contributed by atoms with Gasteiger partial charge in [0, 0.05) is 6.42 Å². The van der Waals surface area contributed by atoms with Crippen molar-refractivity contribution in [1.29, 1.82) is 0 Å². The van der Waals surface area contributed by atoms with Crippen molar-refractivity contribution < 1.29 is 4.79 Å². The molecule has 1 aromatic carbocycles. The molecule has 0 saturated heterocycles. The van der Waals surface area contributed by atoms with E-state index in [9.17, 15) is 4.79 Å². The van der Waals surface area contributed by atoms with E-state index in [2.05, 4.69) is 27.5 Å². The van der Waals surface area contributed by atoms with Gasteiger partial charge in [0.05, 0.1) is 23.8 Å². The highest BCUT2D eigenvalue weighted by atomic mass is 16.2. The van der Waals surface area contributed by atoms with Crippen molar-refractivity contribution in [2.24, 2.45) is 0 Å². The minimum atomic E-state index is -0.372. The maximum absolute atomic E-state index is 12.5. The van der Waals surface area contributed by atoms with Crippen molar-refractivity contribution in [2.75, 3.05) is 0 Å². The first kappa shape index (κ1) is 15.1. The van der Waals surface area contributed by atoms with Gasteiger partial charge in [-0.1, -0.05) is 54.1 Å². The second-order valence-electron chi connectivity index (χ2n) is 5.29. The van der Waals surface area contributed by atoms with Crippen LogP contribution < -0.4 is 0 Å². The van der Waals surface area contributed by atoms with Gasteiger partial charge in [-0.15, -0.1) is 10.2 Å². The summed E-state index contributed by atoms with van der Waals surface area (Å²) in [7, 11) is 0. The average Bonchev–Trinajstić information content (AvgIpc) is 3.24. The smallest absolute Gasteiger partial charge is 0.243 e. The molecule has 23 heavy (non-hydrogen) atoms. The molecule has 0 unspecified atom stereocenters. The van der Waals surface area contributed by atoms with Gasteiger partial charge in [-0.05, 0) is 18.4 Å². The number of aryl methyl sites for hydroxylation is 1. The standard InChI is InChI=1S/C16H18N6O/c1-2-3-9-14-15(12-13-7-5-4-6-8-13)22(20-18-14)16(23)21-11-10-17-19-21/h4-8,10-11H,2-3,9,12H2,1H3. The van der Waals surface area contributed by atoms with Crippen LogP contribution in [0.4, 0.5) is 4.79 Å². The number of rotatable bonds is 5. The van der Waals surface area contributed by atoms with Crippen LogP contribution in [0.1, 0.15) is 36.7 Å². The number of carbonyl (C=O) groups excluding carboxylic acids is 1. The molecule has 0 aliphatic rings. The number of aromatic nitrogens is 6. The van der Waals surface area contributed by atoms with Gasteiger partial charge >= 0.3 is 6.03 Å². The summed E-state index contributed by atoms with van der Waals surface area (Å²) in [5.74, 6) is 0. The molecule has 0 fully saturated rings. The fourth-order valence-corrected chi connectivity index (χ4v) is 2.40. The Morgan fingerprint density at radius 2 is 2.00 bits per heavy atom. The van der Waals surface area contributed by atoms with Gasteiger partial charge in [-0.2, -0.15) is 9.36 Å². The monoisotopic (exact) mass is 310 g/mol. The summed E-state index contributed by atoms with van der Waals surface area (Å²) in [6.45, 7) is 2.13. The van der Waals surface area contributed by atoms with Crippen LogP contribution >= 0.6 is 0 Å². The van der Waals surface area contributed by atoms with E-state index in [1.54, 1.807) is 0 Å². The van der Waals surface area contributed by atoms with Crippen molar-refractivity contribution in [3.8, 4) is 0 Å². The first-order valence-corrected chi connectivity index (χ1v) is 7.68. The van der Waals surface area contributed by atoms with Gasteiger partial charge in [0.1, 0.15) is 0 Å². The fourth-order valence-electron chi connectivity index (χ4n) is 2.40. The predicted molar refractivity (Wildman–Crippen MR) is 84.1 cm³/mol. The minimum absolute atomic E-state index is 0.372. The topological polar surface area (TPSA) is 78.5 Å². The molecule has 0 bridgehead atoms. The Balaban J connectivity index is 1.95. The Labute approximate surface area is 133 Å². The highest BCUT2D eigenvalue weighted by Crippen LogP contribution is 2.15. The lowest BCUT2D eigenvalue weighted by atomic mass is 10.1. The first-order chi connectivity index (χ1) is 11.3. The second kappa shape index (κ2) is 6.95. The quantitative estimate of drug-likeness (QED) is 0.722. The largest absolute Gasteiger partial charge is 0.372 e. The van der Waals surface area contributed by atoms with E-state index >= 15 is 0 Å². The lowest BCUT2D eigenvalue weighted by molar-refractivity contribution is 0.236. The van der Waals surface area contributed by atoms with Crippen molar-refractivity contribution in [1.82, 2.24) is 30.0 Å². The molecule has 0 saturated carbocycles. The third-order valence-corrected chi connectivity index (χ3v) is 3.62. The van der Waals surface area contributed by atoms with Crippen LogP contribution in [-0.4, -0.2) is 36.0 Å². The zero-order valence-corrected chi connectivity index (χ0v) is 13.0. The van der Waals surface area contributed by atoms with Crippen molar-refractivity contribution in [3.05, 3.63) is 59.7 Å². The van der Waals surface area contributed by atoms with E-state index in [4.69, 9.17) is 0 Å². The van der Waals surface area contributed by atoms with Gasteiger partial charge in [0.2, 0.25) is 0 Å². The predicted octanol–water partition coefficient (Wildman–Crippen LogP) is 2.32. The first-order valence-electron chi connectivity index (χ1n) is 7.68. The molecule has 0 atom stereocenters. The molecule has 0 N–H and O–H groups in total. The SMILES string of the molecule is CCCCc1nnn(C(=O)n2ccnn2)c1Cc1ccccc1. The third-order valence-electron chi connectivity index (χ3n) is 3.62. The maximum atomic E-state index is 12.5. The van der Waals surface area contributed by atoms with Crippen molar-refractivity contribution in [2.45, 2.75) is 32.6 Å². The van der Waals surface area contributed by atoms with E-state index in [0.717, 1.165) is 40.9 Å². The zero-order chi connectivity index (χ0) is 16.1. The molecular formula is C16H18N6O. The number of unbranched alkanes of at least 4 members (excludes halogenated alkanes) is 1. The van der Waals surface area contributed by atoms with Gasteiger partial charge in [0.15, 0.2) is 0 Å². The molecule has 0 amide bonds. The Hall–Kier alpha value is -2.83. The molecule has 3 rings (SSSR count). The number of nitrogens with zero attached hydrogens (tertiary/aromatic N) is 6. The molecule has 7 heteroatoms. The van der Waals surface area contributed by atoms with Crippen LogP contribution in [0, 0.1) is 0 Å². The molecule has 2 heterocycles. The summed E-state index contributed by atoms with van der Waals surface area (Å²) in [4.78, 5) is 12.5. The summed E-state index contributed by atoms with van der Waals surface area (Å²) < 4.78 is 2.49. The molecule has 2 aromatic heterocycles. The summed E-state index contributed by atoms with van der Waals surface area (Å²) in [5, 5.41) is 15.7. The highest BCUT2D eigenvalue weighted by Gasteiger charge is 2.19. The van der Waals surface area contributed by atoms with Crippen LogP contribution in [0.3, 0.4) is 0 Å².